The molecular formula is C14H24ClN3O2. The summed E-state index contributed by atoms with van der Waals surface area (Å²) < 4.78 is 0. The maximum Gasteiger partial charge on any atom is 0.270 e. The lowest BCUT2D eigenvalue weighted by Crippen LogP contribution is -2.33. The lowest BCUT2D eigenvalue weighted by Gasteiger charge is -2.17. The maximum absolute atomic E-state index is 12.4. The van der Waals surface area contributed by atoms with E-state index in [2.05, 4.69) is 10.3 Å². The number of likely N-dealkylation sites (N-methyl/N-ethyl adjacent to an activating group) is 2. The third-order valence-corrected chi connectivity index (χ3v) is 3.25. The molecule has 0 aliphatic heterocycles. The van der Waals surface area contributed by atoms with Gasteiger partial charge in [0, 0.05) is 31.4 Å². The molecule has 0 bridgehead atoms. The highest BCUT2D eigenvalue weighted by molar-refractivity contribution is 6.02. The van der Waals surface area contributed by atoms with E-state index in [4.69, 9.17) is 0 Å². The topological polar surface area (TPSA) is 65.2 Å². The molecule has 0 aliphatic rings. The van der Waals surface area contributed by atoms with Gasteiger partial charge in [-0.15, -0.1) is 12.4 Å². The Morgan fingerprint density at radius 2 is 1.95 bits per heavy atom. The average molecular weight is 302 g/mol. The fourth-order valence-electron chi connectivity index (χ4n) is 2.26. The Balaban J connectivity index is 0.00000361. The summed E-state index contributed by atoms with van der Waals surface area (Å²) in [7, 11) is 3.62. The van der Waals surface area contributed by atoms with Crippen molar-refractivity contribution in [2.24, 2.45) is 0 Å². The van der Waals surface area contributed by atoms with Gasteiger partial charge in [0.2, 0.25) is 0 Å². The number of aromatic amines is 1. The average Bonchev–Trinajstić information content (AvgIpc) is 2.71. The number of hydrogen-bond donors (Lipinski definition) is 2. The zero-order valence-electron chi connectivity index (χ0n) is 12.8. The summed E-state index contributed by atoms with van der Waals surface area (Å²) in [5.74, 6) is -0.0646. The van der Waals surface area contributed by atoms with E-state index < -0.39 is 0 Å². The van der Waals surface area contributed by atoms with Crippen molar-refractivity contribution in [1.29, 1.82) is 0 Å². The lowest BCUT2D eigenvalue weighted by atomic mass is 10.0. The van der Waals surface area contributed by atoms with Crippen molar-refractivity contribution < 1.29 is 9.59 Å². The maximum atomic E-state index is 12.4. The normalized spacial score (nSPS) is 10.1. The Morgan fingerprint density at radius 1 is 1.35 bits per heavy atom. The van der Waals surface area contributed by atoms with Crippen LogP contribution in [-0.2, 0) is 6.42 Å². The van der Waals surface area contributed by atoms with Crippen LogP contribution in [0.4, 0.5) is 0 Å². The highest BCUT2D eigenvalue weighted by Crippen LogP contribution is 2.21. The highest BCUT2D eigenvalue weighted by Gasteiger charge is 2.23. The van der Waals surface area contributed by atoms with Crippen LogP contribution in [0.1, 0.15) is 46.0 Å². The molecule has 114 valence electrons. The van der Waals surface area contributed by atoms with E-state index in [0.717, 1.165) is 17.8 Å². The van der Waals surface area contributed by atoms with Crippen LogP contribution >= 0.6 is 12.4 Å². The summed E-state index contributed by atoms with van der Waals surface area (Å²) >= 11 is 0. The number of carbonyl (C=O) groups excluding carboxylic acids is 2. The SMILES string of the molecule is CCc1c(C(=O)N(C)CCNC)[nH]c(C)c1C(C)=O.Cl. The molecule has 0 aromatic carbocycles. The van der Waals surface area contributed by atoms with E-state index in [9.17, 15) is 9.59 Å². The third kappa shape index (κ3) is 3.84. The summed E-state index contributed by atoms with van der Waals surface area (Å²) in [6.07, 6.45) is 0.667. The van der Waals surface area contributed by atoms with Gasteiger partial charge in [0.15, 0.2) is 5.78 Å². The fraction of sp³-hybridized carbons (Fsp3) is 0.571. The number of halogens is 1. The van der Waals surface area contributed by atoms with Crippen molar-refractivity contribution in [1.82, 2.24) is 15.2 Å². The van der Waals surface area contributed by atoms with Gasteiger partial charge >= 0.3 is 0 Å². The minimum absolute atomic E-state index is 0. The van der Waals surface area contributed by atoms with E-state index in [1.165, 1.54) is 6.92 Å². The number of Topliss-reactive ketones (excluding diaryl/α,β-unsaturated/α-hetero) is 1. The largest absolute Gasteiger partial charge is 0.354 e. The number of nitrogens with zero attached hydrogens (tertiary/aromatic N) is 1. The minimum Gasteiger partial charge on any atom is -0.354 e. The van der Waals surface area contributed by atoms with Gasteiger partial charge in [-0.05, 0) is 32.9 Å². The van der Waals surface area contributed by atoms with E-state index in [0.29, 0.717) is 24.2 Å². The molecule has 0 saturated heterocycles. The van der Waals surface area contributed by atoms with Crippen LogP contribution in [-0.4, -0.2) is 48.8 Å². The van der Waals surface area contributed by atoms with Crippen LogP contribution in [0, 0.1) is 6.92 Å². The Hall–Kier alpha value is -1.33. The Labute approximate surface area is 126 Å². The van der Waals surface area contributed by atoms with Gasteiger partial charge in [-0.1, -0.05) is 6.92 Å². The molecule has 0 radical (unpaired) electrons. The van der Waals surface area contributed by atoms with Crippen molar-refractivity contribution >= 4 is 24.1 Å². The van der Waals surface area contributed by atoms with E-state index in [-0.39, 0.29) is 24.1 Å². The summed E-state index contributed by atoms with van der Waals surface area (Å²) in [6, 6.07) is 0. The van der Waals surface area contributed by atoms with Gasteiger partial charge in [0.1, 0.15) is 5.69 Å². The highest BCUT2D eigenvalue weighted by atomic mass is 35.5. The number of rotatable bonds is 6. The van der Waals surface area contributed by atoms with Crippen molar-refractivity contribution in [2.45, 2.75) is 27.2 Å². The minimum atomic E-state index is -0.0669. The van der Waals surface area contributed by atoms with Crippen LogP contribution in [0.3, 0.4) is 0 Å². The predicted molar refractivity (Wildman–Crippen MR) is 83.0 cm³/mol. The summed E-state index contributed by atoms with van der Waals surface area (Å²) in [5, 5.41) is 3.01. The fourth-order valence-corrected chi connectivity index (χ4v) is 2.26. The van der Waals surface area contributed by atoms with Crippen LogP contribution in [0.25, 0.3) is 0 Å². The van der Waals surface area contributed by atoms with Gasteiger partial charge in [-0.25, -0.2) is 0 Å². The standard InChI is InChI=1S/C14H23N3O2.ClH/c1-6-11-12(10(3)18)9(2)16-13(11)14(19)17(5)8-7-15-4;/h15-16H,6-8H2,1-5H3;1H. The number of ketones is 1. The number of amides is 1. The van der Waals surface area contributed by atoms with E-state index >= 15 is 0 Å². The molecule has 20 heavy (non-hydrogen) atoms. The van der Waals surface area contributed by atoms with Gasteiger partial charge in [-0.3, -0.25) is 9.59 Å². The molecule has 0 saturated carbocycles. The van der Waals surface area contributed by atoms with Crippen molar-refractivity contribution in [3.63, 3.8) is 0 Å². The molecule has 1 aromatic heterocycles. The molecule has 1 rings (SSSR count). The van der Waals surface area contributed by atoms with Crippen molar-refractivity contribution in [3.05, 3.63) is 22.5 Å². The van der Waals surface area contributed by atoms with Crippen LogP contribution in [0.5, 0.6) is 0 Å². The number of carbonyl (C=O) groups is 2. The number of nitrogens with one attached hydrogen (secondary N) is 2. The molecule has 0 atom stereocenters. The molecule has 1 aromatic rings. The first kappa shape index (κ1) is 18.7. The molecule has 2 N–H and O–H groups in total. The molecule has 0 fully saturated rings. The molecular weight excluding hydrogens is 278 g/mol. The Kier molecular flexibility index (Phi) is 7.53. The number of aromatic nitrogens is 1. The van der Waals surface area contributed by atoms with Crippen LogP contribution < -0.4 is 5.32 Å². The number of H-pyrrole nitrogens is 1. The zero-order valence-corrected chi connectivity index (χ0v) is 13.6. The van der Waals surface area contributed by atoms with E-state index in [1.807, 2.05) is 20.9 Å². The number of aryl methyl sites for hydroxylation is 1. The molecule has 0 aliphatic carbocycles. The Morgan fingerprint density at radius 3 is 2.40 bits per heavy atom. The summed E-state index contributed by atoms with van der Waals surface area (Å²) in [4.78, 5) is 28.8. The second-order valence-electron chi connectivity index (χ2n) is 4.72. The van der Waals surface area contributed by atoms with Crippen LogP contribution in [0.15, 0.2) is 0 Å². The van der Waals surface area contributed by atoms with Crippen LogP contribution in [0.2, 0.25) is 0 Å². The monoisotopic (exact) mass is 301 g/mol. The van der Waals surface area contributed by atoms with Crippen molar-refractivity contribution in [3.8, 4) is 0 Å². The first-order valence-electron chi connectivity index (χ1n) is 6.56. The van der Waals surface area contributed by atoms with Gasteiger partial charge in [0.25, 0.3) is 5.91 Å². The summed E-state index contributed by atoms with van der Waals surface area (Å²) in [5.41, 5.74) is 2.80. The second-order valence-corrected chi connectivity index (χ2v) is 4.72. The zero-order chi connectivity index (χ0) is 14.6. The van der Waals surface area contributed by atoms with Gasteiger partial charge in [0.05, 0.1) is 0 Å². The molecule has 1 heterocycles. The third-order valence-electron chi connectivity index (χ3n) is 3.25. The Bertz CT molecular complexity index is 483. The van der Waals surface area contributed by atoms with E-state index in [1.54, 1.807) is 11.9 Å². The predicted octanol–water partition coefficient (Wildman–Crippen LogP) is 1.80. The molecule has 5 nitrogen and oxygen atoms in total. The number of hydrogen-bond acceptors (Lipinski definition) is 3. The molecule has 0 spiro atoms. The molecule has 6 heteroatoms. The van der Waals surface area contributed by atoms with Crippen molar-refractivity contribution in [2.75, 3.05) is 27.2 Å². The quantitative estimate of drug-likeness (QED) is 0.788. The first-order chi connectivity index (χ1) is 8.93. The van der Waals surface area contributed by atoms with Gasteiger partial charge < -0.3 is 15.2 Å². The second kappa shape index (κ2) is 8.07. The molecule has 1 amide bonds. The smallest absolute Gasteiger partial charge is 0.270 e. The lowest BCUT2D eigenvalue weighted by molar-refractivity contribution is 0.0790. The molecule has 0 unspecified atom stereocenters. The summed E-state index contributed by atoms with van der Waals surface area (Å²) in [6.45, 7) is 6.70. The van der Waals surface area contributed by atoms with Gasteiger partial charge in [-0.2, -0.15) is 0 Å². The first-order valence-corrected chi connectivity index (χ1v) is 6.56.